The molecule has 9 heteroatoms. The van der Waals surface area contributed by atoms with E-state index in [9.17, 15) is 4.79 Å². The van der Waals surface area contributed by atoms with Crippen LogP contribution in [0.25, 0.3) is 22.2 Å². The highest BCUT2D eigenvalue weighted by Gasteiger charge is 2.17. The molecule has 162 valence electrons. The van der Waals surface area contributed by atoms with Gasteiger partial charge in [-0.15, -0.1) is 0 Å². The van der Waals surface area contributed by atoms with Crippen LogP contribution in [-0.4, -0.2) is 68.8 Å². The van der Waals surface area contributed by atoms with Crippen molar-refractivity contribution in [3.8, 4) is 11.4 Å². The van der Waals surface area contributed by atoms with Gasteiger partial charge in [-0.25, -0.2) is 9.97 Å². The number of hydrogen-bond donors (Lipinski definition) is 1. The standard InChI is InChI=1S/C23H24N8O/c1-29-7-9-31(10-8-29)22-13-16(3-5-24-22)23(32)27-21-12-17-11-20(19-4-6-30(2)28-19)25-14-18(17)15-26-21/h3-6,11-15H,7-10H2,1-2H3,(H,26,27,32). The Bertz CT molecular complexity index is 1280. The average Bonchev–Trinajstić information content (AvgIpc) is 3.25. The lowest BCUT2D eigenvalue weighted by Gasteiger charge is -2.33. The SMILES string of the molecule is CN1CCN(c2cc(C(=O)Nc3cc4cc(-c5ccn(C)n5)ncc4cn3)ccn2)CC1. The lowest BCUT2D eigenvalue weighted by Crippen LogP contribution is -2.44. The van der Waals surface area contributed by atoms with E-state index in [4.69, 9.17) is 0 Å². The number of aromatic nitrogens is 5. The van der Waals surface area contributed by atoms with Crippen LogP contribution < -0.4 is 10.2 Å². The first-order chi connectivity index (χ1) is 15.5. The average molecular weight is 429 g/mol. The van der Waals surface area contributed by atoms with Gasteiger partial charge in [-0.05, 0) is 42.8 Å². The molecule has 5 heterocycles. The molecule has 0 saturated carbocycles. The smallest absolute Gasteiger partial charge is 0.257 e. The van der Waals surface area contributed by atoms with Crippen molar-refractivity contribution in [2.45, 2.75) is 0 Å². The summed E-state index contributed by atoms with van der Waals surface area (Å²) < 4.78 is 1.74. The minimum atomic E-state index is -0.214. The Balaban J connectivity index is 1.36. The summed E-state index contributed by atoms with van der Waals surface area (Å²) in [6, 6.07) is 9.28. The summed E-state index contributed by atoms with van der Waals surface area (Å²) in [5.74, 6) is 1.09. The molecule has 1 N–H and O–H groups in total. The summed E-state index contributed by atoms with van der Waals surface area (Å²) in [4.78, 5) is 30.7. The molecule has 0 bridgehead atoms. The van der Waals surface area contributed by atoms with Gasteiger partial charge in [0.25, 0.3) is 5.91 Å². The van der Waals surface area contributed by atoms with E-state index in [0.717, 1.165) is 54.2 Å². The maximum Gasteiger partial charge on any atom is 0.257 e. The van der Waals surface area contributed by atoms with Crippen LogP contribution in [0, 0.1) is 0 Å². The summed E-state index contributed by atoms with van der Waals surface area (Å²) in [7, 11) is 3.98. The maximum absolute atomic E-state index is 12.9. The van der Waals surface area contributed by atoms with Crippen molar-refractivity contribution in [3.05, 3.63) is 60.7 Å². The topological polar surface area (TPSA) is 92.1 Å². The van der Waals surface area contributed by atoms with Crippen LogP contribution in [0.5, 0.6) is 0 Å². The summed E-state index contributed by atoms with van der Waals surface area (Å²) >= 11 is 0. The van der Waals surface area contributed by atoms with Gasteiger partial charge in [-0.2, -0.15) is 5.10 Å². The molecule has 9 nitrogen and oxygen atoms in total. The zero-order valence-corrected chi connectivity index (χ0v) is 18.1. The number of carbonyl (C=O) groups is 1. The fourth-order valence-corrected chi connectivity index (χ4v) is 3.75. The molecule has 1 fully saturated rings. The van der Waals surface area contributed by atoms with E-state index in [0.29, 0.717) is 11.4 Å². The van der Waals surface area contributed by atoms with Gasteiger partial charge < -0.3 is 15.1 Å². The predicted molar refractivity (Wildman–Crippen MR) is 124 cm³/mol. The Morgan fingerprint density at radius 3 is 2.50 bits per heavy atom. The third-order valence-electron chi connectivity index (χ3n) is 5.66. The first-order valence-corrected chi connectivity index (χ1v) is 10.5. The van der Waals surface area contributed by atoms with Gasteiger partial charge in [0.1, 0.15) is 17.3 Å². The molecule has 1 amide bonds. The highest BCUT2D eigenvalue weighted by molar-refractivity contribution is 6.05. The summed E-state index contributed by atoms with van der Waals surface area (Å²) in [5.41, 5.74) is 2.12. The second-order valence-corrected chi connectivity index (χ2v) is 8.01. The molecule has 0 spiro atoms. The fraction of sp³-hybridized carbons (Fsp3) is 0.261. The van der Waals surface area contributed by atoms with Crippen molar-refractivity contribution in [2.75, 3.05) is 43.4 Å². The first kappa shape index (κ1) is 20.1. The summed E-state index contributed by atoms with van der Waals surface area (Å²) in [6.45, 7) is 3.75. The van der Waals surface area contributed by atoms with Gasteiger partial charge in [0.2, 0.25) is 0 Å². The van der Waals surface area contributed by atoms with E-state index >= 15 is 0 Å². The first-order valence-electron chi connectivity index (χ1n) is 10.5. The number of pyridine rings is 3. The third kappa shape index (κ3) is 4.15. The summed E-state index contributed by atoms with van der Waals surface area (Å²) in [5, 5.41) is 9.13. The lowest BCUT2D eigenvalue weighted by molar-refractivity contribution is 0.102. The molecule has 0 unspecified atom stereocenters. The zero-order valence-electron chi connectivity index (χ0n) is 18.1. The van der Waals surface area contributed by atoms with Crippen molar-refractivity contribution in [1.29, 1.82) is 0 Å². The lowest BCUT2D eigenvalue weighted by atomic mass is 10.1. The molecule has 0 atom stereocenters. The molecule has 1 aliphatic heterocycles. The number of anilines is 2. The molecule has 5 rings (SSSR count). The van der Waals surface area contributed by atoms with E-state index in [1.165, 1.54) is 0 Å². The third-order valence-corrected chi connectivity index (χ3v) is 5.66. The molecule has 0 aliphatic carbocycles. The highest BCUT2D eigenvalue weighted by Crippen LogP contribution is 2.22. The Morgan fingerprint density at radius 1 is 0.906 bits per heavy atom. The minimum Gasteiger partial charge on any atom is -0.354 e. The molecule has 4 aromatic rings. The number of amides is 1. The maximum atomic E-state index is 12.9. The molecule has 1 aliphatic rings. The van der Waals surface area contributed by atoms with Gasteiger partial charge >= 0.3 is 0 Å². The highest BCUT2D eigenvalue weighted by atomic mass is 16.1. The number of hydrogen-bond acceptors (Lipinski definition) is 7. The van der Waals surface area contributed by atoms with Crippen LogP contribution in [0.2, 0.25) is 0 Å². The van der Waals surface area contributed by atoms with Crippen molar-refractivity contribution in [2.24, 2.45) is 7.05 Å². The Labute approximate surface area is 185 Å². The van der Waals surface area contributed by atoms with E-state index < -0.39 is 0 Å². The molecule has 0 aromatic carbocycles. The van der Waals surface area contributed by atoms with Gasteiger partial charge in [-0.3, -0.25) is 14.5 Å². The monoisotopic (exact) mass is 428 g/mol. The van der Waals surface area contributed by atoms with E-state index in [1.54, 1.807) is 29.3 Å². The molecule has 32 heavy (non-hydrogen) atoms. The van der Waals surface area contributed by atoms with Crippen LogP contribution >= 0.6 is 0 Å². The van der Waals surface area contributed by atoms with Gasteiger partial charge in [0, 0.05) is 69.0 Å². The quantitative estimate of drug-likeness (QED) is 0.534. The second kappa shape index (κ2) is 8.35. The Kier molecular flexibility index (Phi) is 5.24. The number of fused-ring (bicyclic) bond motifs is 1. The van der Waals surface area contributed by atoms with Crippen LogP contribution in [0.15, 0.2) is 55.1 Å². The van der Waals surface area contributed by atoms with Crippen LogP contribution in [0.1, 0.15) is 10.4 Å². The fourth-order valence-electron chi connectivity index (χ4n) is 3.75. The van der Waals surface area contributed by atoms with Crippen molar-refractivity contribution < 1.29 is 4.79 Å². The van der Waals surface area contributed by atoms with Crippen LogP contribution in [0.4, 0.5) is 11.6 Å². The molecule has 0 radical (unpaired) electrons. The second-order valence-electron chi connectivity index (χ2n) is 8.01. The van der Waals surface area contributed by atoms with Gasteiger partial charge in [-0.1, -0.05) is 0 Å². The predicted octanol–water partition coefficient (Wildman–Crippen LogP) is 2.43. The van der Waals surface area contributed by atoms with E-state index in [1.807, 2.05) is 37.5 Å². The van der Waals surface area contributed by atoms with Crippen LogP contribution in [0.3, 0.4) is 0 Å². The Hall–Kier alpha value is -3.85. The molecule has 4 aromatic heterocycles. The zero-order chi connectivity index (χ0) is 22.1. The molecule has 1 saturated heterocycles. The molecular formula is C23H24N8O. The van der Waals surface area contributed by atoms with Crippen LogP contribution in [-0.2, 0) is 7.05 Å². The number of nitrogens with one attached hydrogen (secondary N) is 1. The van der Waals surface area contributed by atoms with Gasteiger partial charge in [0.15, 0.2) is 0 Å². The number of aryl methyl sites for hydroxylation is 1. The van der Waals surface area contributed by atoms with Crippen molar-refractivity contribution >= 4 is 28.3 Å². The molecular weight excluding hydrogens is 404 g/mol. The van der Waals surface area contributed by atoms with Crippen molar-refractivity contribution in [1.82, 2.24) is 29.6 Å². The number of rotatable bonds is 4. The van der Waals surface area contributed by atoms with E-state index in [2.05, 4.69) is 42.2 Å². The summed E-state index contributed by atoms with van der Waals surface area (Å²) in [6.07, 6.45) is 7.04. The minimum absolute atomic E-state index is 0.214. The number of nitrogens with zero attached hydrogens (tertiary/aromatic N) is 7. The Morgan fingerprint density at radius 2 is 1.72 bits per heavy atom. The van der Waals surface area contributed by atoms with Crippen molar-refractivity contribution in [3.63, 3.8) is 0 Å². The van der Waals surface area contributed by atoms with E-state index in [-0.39, 0.29) is 5.91 Å². The number of carbonyl (C=O) groups excluding carboxylic acids is 1. The van der Waals surface area contributed by atoms with Gasteiger partial charge in [0.05, 0.1) is 5.69 Å². The number of likely N-dealkylation sites (N-methyl/N-ethyl adjacent to an activating group) is 1. The number of piperazine rings is 1. The largest absolute Gasteiger partial charge is 0.354 e. The normalized spacial score (nSPS) is 14.6.